The molecular weight excluding hydrogens is 262 g/mol. The summed E-state index contributed by atoms with van der Waals surface area (Å²) in [4.78, 5) is 16.9. The van der Waals surface area contributed by atoms with Gasteiger partial charge in [-0.2, -0.15) is 0 Å². The fraction of sp³-hybridized carbons (Fsp3) is 0.364. The molecule has 104 valence electrons. The molecule has 0 atom stereocenters. The van der Waals surface area contributed by atoms with Crippen molar-refractivity contribution in [2.45, 2.75) is 13.1 Å². The van der Waals surface area contributed by atoms with Crippen molar-refractivity contribution in [3.8, 4) is 0 Å². The van der Waals surface area contributed by atoms with Gasteiger partial charge in [-0.05, 0) is 6.07 Å². The third kappa shape index (κ3) is 2.02. The van der Waals surface area contributed by atoms with Crippen LogP contribution in [0.5, 0.6) is 0 Å². The van der Waals surface area contributed by atoms with Gasteiger partial charge in [-0.15, -0.1) is 10.2 Å². The molecule has 3 rings (SSSR count). The van der Waals surface area contributed by atoms with Crippen LogP contribution < -0.4 is 10.2 Å². The normalized spacial score (nSPS) is 13.9. The molecule has 0 amide bonds. The minimum Gasteiger partial charge on any atom is -0.373 e. The second kappa shape index (κ2) is 4.76. The summed E-state index contributed by atoms with van der Waals surface area (Å²) < 4.78 is 1.93. The molecule has 20 heavy (non-hydrogen) atoms. The first-order chi connectivity index (χ1) is 9.69. The zero-order valence-electron chi connectivity index (χ0n) is 10.9. The minimum absolute atomic E-state index is 0.00281. The van der Waals surface area contributed by atoms with Crippen LogP contribution in [0.1, 0.15) is 5.82 Å². The smallest absolute Gasteiger partial charge is 0.311 e. The largest absolute Gasteiger partial charge is 0.373 e. The van der Waals surface area contributed by atoms with Crippen molar-refractivity contribution in [2.24, 2.45) is 0 Å². The van der Waals surface area contributed by atoms with Crippen LogP contribution in [0.2, 0.25) is 0 Å². The first-order valence-corrected chi connectivity index (χ1v) is 6.14. The van der Waals surface area contributed by atoms with Crippen LogP contribution >= 0.6 is 0 Å². The summed E-state index contributed by atoms with van der Waals surface area (Å²) in [5.74, 6) is 1.73. The van der Waals surface area contributed by atoms with Crippen molar-refractivity contribution < 1.29 is 4.92 Å². The monoisotopic (exact) mass is 275 g/mol. The van der Waals surface area contributed by atoms with E-state index in [-0.39, 0.29) is 5.69 Å². The lowest BCUT2D eigenvalue weighted by Gasteiger charge is -2.27. The summed E-state index contributed by atoms with van der Waals surface area (Å²) in [7, 11) is 1.73. The highest BCUT2D eigenvalue weighted by molar-refractivity contribution is 5.61. The van der Waals surface area contributed by atoms with Crippen molar-refractivity contribution in [1.82, 2.24) is 19.7 Å². The number of aromatic nitrogens is 4. The van der Waals surface area contributed by atoms with Crippen LogP contribution in [0.4, 0.5) is 17.3 Å². The van der Waals surface area contributed by atoms with E-state index in [1.54, 1.807) is 19.4 Å². The Bertz CT molecular complexity index is 654. The number of nitrogens with one attached hydrogen (secondary N) is 1. The Hall–Kier alpha value is -2.71. The van der Waals surface area contributed by atoms with E-state index in [0.717, 1.165) is 5.82 Å². The lowest BCUT2D eigenvalue weighted by atomic mass is 10.3. The van der Waals surface area contributed by atoms with Gasteiger partial charge in [0.05, 0.1) is 11.5 Å². The average Bonchev–Trinajstić information content (AvgIpc) is 2.93. The molecule has 1 N–H and O–H groups in total. The van der Waals surface area contributed by atoms with Gasteiger partial charge in [0.2, 0.25) is 5.82 Å². The zero-order valence-corrected chi connectivity index (χ0v) is 10.9. The lowest BCUT2D eigenvalue weighted by Crippen LogP contribution is -2.34. The highest BCUT2D eigenvalue weighted by Gasteiger charge is 2.26. The van der Waals surface area contributed by atoms with E-state index in [0.29, 0.717) is 31.3 Å². The van der Waals surface area contributed by atoms with Crippen LogP contribution in [-0.4, -0.2) is 38.3 Å². The van der Waals surface area contributed by atoms with E-state index in [1.807, 2.05) is 9.47 Å². The Kier molecular flexibility index (Phi) is 2.93. The number of hydrogen-bond donors (Lipinski definition) is 1. The van der Waals surface area contributed by atoms with Gasteiger partial charge in [0, 0.05) is 26.2 Å². The highest BCUT2D eigenvalue weighted by atomic mass is 16.6. The minimum atomic E-state index is -0.416. The van der Waals surface area contributed by atoms with Crippen molar-refractivity contribution in [3.63, 3.8) is 0 Å². The third-order valence-electron chi connectivity index (χ3n) is 3.25. The third-order valence-corrected chi connectivity index (χ3v) is 3.25. The Morgan fingerprint density at radius 2 is 2.25 bits per heavy atom. The molecular formula is C11H13N7O2. The Balaban J connectivity index is 1.99. The van der Waals surface area contributed by atoms with Crippen LogP contribution in [0.3, 0.4) is 0 Å². The summed E-state index contributed by atoms with van der Waals surface area (Å²) in [5.41, 5.74) is -0.00281. The Morgan fingerprint density at radius 1 is 1.40 bits per heavy atom. The second-order valence-corrected chi connectivity index (χ2v) is 4.41. The molecule has 1 aliphatic heterocycles. The topological polar surface area (TPSA) is 102 Å². The maximum absolute atomic E-state index is 11.1. The van der Waals surface area contributed by atoms with Gasteiger partial charge in [-0.3, -0.25) is 10.1 Å². The van der Waals surface area contributed by atoms with Gasteiger partial charge in [0.1, 0.15) is 12.1 Å². The molecule has 0 spiro atoms. The molecule has 1 aliphatic rings. The summed E-state index contributed by atoms with van der Waals surface area (Å²) in [6, 6.07) is 3.06. The molecule has 3 heterocycles. The Morgan fingerprint density at radius 3 is 3.00 bits per heavy atom. The van der Waals surface area contributed by atoms with E-state index < -0.39 is 4.92 Å². The molecule has 9 heteroatoms. The van der Waals surface area contributed by atoms with Crippen molar-refractivity contribution in [2.75, 3.05) is 23.8 Å². The number of nitrogens with zero attached hydrogens (tertiary/aromatic N) is 6. The predicted octanol–water partition coefficient (Wildman–Crippen LogP) is 0.643. The number of pyridine rings is 1. The summed E-state index contributed by atoms with van der Waals surface area (Å²) in [6.45, 7) is 1.78. The number of rotatable bonds is 3. The van der Waals surface area contributed by atoms with Gasteiger partial charge in [0.15, 0.2) is 5.82 Å². The quantitative estimate of drug-likeness (QED) is 0.647. The number of nitro groups is 1. The summed E-state index contributed by atoms with van der Waals surface area (Å²) >= 11 is 0. The lowest BCUT2D eigenvalue weighted by molar-refractivity contribution is -0.384. The zero-order chi connectivity index (χ0) is 14.1. The maximum atomic E-state index is 11.1. The van der Waals surface area contributed by atoms with Crippen LogP contribution in [0, 0.1) is 10.1 Å². The van der Waals surface area contributed by atoms with E-state index in [1.165, 1.54) is 6.07 Å². The maximum Gasteiger partial charge on any atom is 0.311 e. The van der Waals surface area contributed by atoms with E-state index >= 15 is 0 Å². The molecule has 2 aromatic rings. The van der Waals surface area contributed by atoms with Gasteiger partial charge in [-0.1, -0.05) is 0 Å². The average molecular weight is 275 g/mol. The molecule has 0 unspecified atom stereocenters. The van der Waals surface area contributed by atoms with Crippen LogP contribution in [-0.2, 0) is 13.1 Å². The van der Waals surface area contributed by atoms with E-state index in [2.05, 4.69) is 20.5 Å². The SMILES string of the molecule is CNc1ccc([N+](=O)[O-])c(N2CCn3cnnc3C2)n1. The van der Waals surface area contributed by atoms with E-state index in [9.17, 15) is 10.1 Å². The number of hydrogen-bond acceptors (Lipinski definition) is 7. The molecule has 0 fully saturated rings. The van der Waals surface area contributed by atoms with Gasteiger partial charge in [-0.25, -0.2) is 4.98 Å². The second-order valence-electron chi connectivity index (χ2n) is 4.41. The highest BCUT2D eigenvalue weighted by Crippen LogP contribution is 2.29. The summed E-state index contributed by atoms with van der Waals surface area (Å²) in [5, 5.41) is 21.9. The van der Waals surface area contributed by atoms with Gasteiger partial charge in [0.25, 0.3) is 0 Å². The van der Waals surface area contributed by atoms with Gasteiger partial charge >= 0.3 is 5.69 Å². The van der Waals surface area contributed by atoms with Crippen molar-refractivity contribution >= 4 is 17.3 Å². The molecule has 0 aromatic carbocycles. The fourth-order valence-electron chi connectivity index (χ4n) is 2.20. The van der Waals surface area contributed by atoms with Gasteiger partial charge < -0.3 is 14.8 Å². The molecule has 0 bridgehead atoms. The molecule has 0 radical (unpaired) electrons. The van der Waals surface area contributed by atoms with Crippen LogP contribution in [0.15, 0.2) is 18.5 Å². The van der Waals surface area contributed by atoms with Crippen molar-refractivity contribution in [3.05, 3.63) is 34.4 Å². The van der Waals surface area contributed by atoms with Crippen LogP contribution in [0.25, 0.3) is 0 Å². The Labute approximate surface area is 114 Å². The first-order valence-electron chi connectivity index (χ1n) is 6.14. The molecule has 0 saturated carbocycles. The molecule has 0 aliphatic carbocycles. The molecule has 0 saturated heterocycles. The summed E-state index contributed by atoms with van der Waals surface area (Å²) in [6.07, 6.45) is 1.67. The number of anilines is 2. The van der Waals surface area contributed by atoms with E-state index in [4.69, 9.17) is 0 Å². The molecule has 2 aromatic heterocycles. The van der Waals surface area contributed by atoms with Crippen molar-refractivity contribution in [1.29, 1.82) is 0 Å². The molecule has 9 nitrogen and oxygen atoms in total. The predicted molar refractivity (Wildman–Crippen MR) is 71.5 cm³/mol. The first kappa shape index (κ1) is 12.3. The fourth-order valence-corrected chi connectivity index (χ4v) is 2.20. The number of fused-ring (bicyclic) bond motifs is 1. The standard InChI is InChI=1S/C11H13N7O2/c1-12-9-3-2-8(18(19)20)11(14-9)16-4-5-17-7-13-15-10(17)6-16/h2-3,7H,4-6H2,1H3,(H,12,14).